The van der Waals surface area contributed by atoms with Crippen LogP contribution in [0.5, 0.6) is 0 Å². The molecular weight excluding hydrogens is 299 g/mol. The Morgan fingerprint density at radius 3 is 2.75 bits per heavy atom. The second kappa shape index (κ2) is 11.1. The number of hydrogen-bond donors (Lipinski definition) is 0. The first kappa shape index (κ1) is 19.5. The lowest BCUT2D eigenvalue weighted by Crippen LogP contribution is -2.00. The van der Waals surface area contributed by atoms with Crippen LogP contribution in [0.25, 0.3) is 6.08 Å². The van der Waals surface area contributed by atoms with Gasteiger partial charge in [-0.2, -0.15) is 0 Å². The van der Waals surface area contributed by atoms with Crippen LogP contribution < -0.4 is 0 Å². The Morgan fingerprint density at radius 1 is 1.29 bits per heavy atom. The van der Waals surface area contributed by atoms with Gasteiger partial charge in [0.1, 0.15) is 5.82 Å². The zero-order valence-corrected chi connectivity index (χ0v) is 14.7. The van der Waals surface area contributed by atoms with Gasteiger partial charge >= 0.3 is 0 Å². The molecule has 0 saturated heterocycles. The van der Waals surface area contributed by atoms with Gasteiger partial charge in [0.25, 0.3) is 0 Å². The molecule has 0 amide bonds. The van der Waals surface area contributed by atoms with E-state index in [-0.39, 0.29) is 5.82 Å². The summed E-state index contributed by atoms with van der Waals surface area (Å²) in [5, 5.41) is 0. The van der Waals surface area contributed by atoms with Crippen molar-refractivity contribution in [1.29, 1.82) is 0 Å². The number of hydrogen-bond acceptors (Lipinski definition) is 2. The Balaban J connectivity index is 2.86. The predicted octanol–water partition coefficient (Wildman–Crippen LogP) is 5.37. The molecule has 0 fully saturated rings. The third-order valence-electron chi connectivity index (χ3n) is 3.53. The van der Waals surface area contributed by atoms with E-state index < -0.39 is 0 Å². The number of halogens is 1. The SMILES string of the molecule is C=C/C=C\C=NCC(/C=C(/C=C\c1cccc(F)c1C)CC)=NC. The Morgan fingerprint density at radius 2 is 2.08 bits per heavy atom. The van der Waals surface area contributed by atoms with Gasteiger partial charge in [-0.05, 0) is 48.3 Å². The Hall–Kier alpha value is -2.55. The molecule has 1 rings (SSSR count). The average molecular weight is 324 g/mol. The predicted molar refractivity (Wildman–Crippen MR) is 105 cm³/mol. The van der Waals surface area contributed by atoms with Gasteiger partial charge in [-0.15, -0.1) is 0 Å². The van der Waals surface area contributed by atoms with Gasteiger partial charge in [0, 0.05) is 13.3 Å². The summed E-state index contributed by atoms with van der Waals surface area (Å²) in [6.07, 6.45) is 13.9. The first-order chi connectivity index (χ1) is 11.6. The number of rotatable bonds is 8. The van der Waals surface area contributed by atoms with Gasteiger partial charge in [0.05, 0.1) is 12.3 Å². The van der Waals surface area contributed by atoms with E-state index in [0.717, 1.165) is 23.3 Å². The maximum Gasteiger partial charge on any atom is 0.126 e. The molecule has 126 valence electrons. The molecule has 0 bridgehead atoms. The van der Waals surface area contributed by atoms with E-state index in [2.05, 4.69) is 23.5 Å². The zero-order chi connectivity index (χ0) is 17.8. The van der Waals surface area contributed by atoms with E-state index in [1.165, 1.54) is 6.07 Å². The summed E-state index contributed by atoms with van der Waals surface area (Å²) in [6, 6.07) is 5.11. The van der Waals surface area contributed by atoms with Crippen LogP contribution in [0.2, 0.25) is 0 Å². The molecule has 0 aliphatic carbocycles. The largest absolute Gasteiger partial charge is 0.291 e. The molecule has 0 aliphatic heterocycles. The van der Waals surface area contributed by atoms with Crippen LogP contribution in [0.3, 0.4) is 0 Å². The van der Waals surface area contributed by atoms with E-state index in [0.29, 0.717) is 12.1 Å². The maximum atomic E-state index is 13.6. The highest BCUT2D eigenvalue weighted by Crippen LogP contribution is 2.15. The van der Waals surface area contributed by atoms with Crippen molar-refractivity contribution in [3.8, 4) is 0 Å². The van der Waals surface area contributed by atoms with Crippen molar-refractivity contribution in [3.05, 3.63) is 77.7 Å². The molecule has 0 radical (unpaired) electrons. The van der Waals surface area contributed by atoms with Gasteiger partial charge in [0.15, 0.2) is 0 Å². The summed E-state index contributed by atoms with van der Waals surface area (Å²) in [6.45, 7) is 7.99. The van der Waals surface area contributed by atoms with E-state index in [1.807, 2.05) is 36.4 Å². The van der Waals surface area contributed by atoms with E-state index in [4.69, 9.17) is 0 Å². The summed E-state index contributed by atoms with van der Waals surface area (Å²) in [5.41, 5.74) is 3.57. The van der Waals surface area contributed by atoms with Crippen LogP contribution in [0.4, 0.5) is 4.39 Å². The summed E-state index contributed by atoms with van der Waals surface area (Å²) in [4.78, 5) is 8.57. The van der Waals surface area contributed by atoms with Crippen LogP contribution >= 0.6 is 0 Å². The minimum Gasteiger partial charge on any atom is -0.291 e. The van der Waals surface area contributed by atoms with E-state index in [1.54, 1.807) is 32.3 Å². The third kappa shape index (κ3) is 6.69. The topological polar surface area (TPSA) is 24.7 Å². The van der Waals surface area contributed by atoms with Crippen molar-refractivity contribution in [2.75, 3.05) is 13.6 Å². The van der Waals surface area contributed by atoms with Crippen LogP contribution in [0, 0.1) is 12.7 Å². The Labute approximate surface area is 144 Å². The second-order valence-electron chi connectivity index (χ2n) is 5.19. The number of aliphatic imine (C=N–C) groups is 2. The molecule has 0 aliphatic rings. The van der Waals surface area contributed by atoms with Crippen LogP contribution in [-0.4, -0.2) is 25.5 Å². The molecule has 0 aromatic heterocycles. The molecule has 1 aromatic carbocycles. The zero-order valence-electron chi connectivity index (χ0n) is 14.7. The van der Waals surface area contributed by atoms with Crippen molar-refractivity contribution in [3.63, 3.8) is 0 Å². The normalized spacial score (nSPS) is 13.5. The molecular formula is C21H25FN2. The van der Waals surface area contributed by atoms with Crippen molar-refractivity contribution in [2.24, 2.45) is 9.98 Å². The van der Waals surface area contributed by atoms with Gasteiger partial charge in [0.2, 0.25) is 0 Å². The molecule has 0 spiro atoms. The van der Waals surface area contributed by atoms with Crippen molar-refractivity contribution >= 4 is 18.0 Å². The summed E-state index contributed by atoms with van der Waals surface area (Å²) in [5.74, 6) is -0.183. The number of benzene rings is 1. The minimum atomic E-state index is -0.183. The van der Waals surface area contributed by atoms with Gasteiger partial charge in [-0.3, -0.25) is 9.98 Å². The number of nitrogens with zero attached hydrogens (tertiary/aromatic N) is 2. The highest BCUT2D eigenvalue weighted by molar-refractivity contribution is 5.98. The Kier molecular flexibility index (Phi) is 8.98. The second-order valence-corrected chi connectivity index (χ2v) is 5.19. The highest BCUT2D eigenvalue weighted by atomic mass is 19.1. The molecule has 0 atom stereocenters. The lowest BCUT2D eigenvalue weighted by atomic mass is 10.0. The van der Waals surface area contributed by atoms with Crippen LogP contribution in [0.15, 0.2) is 70.7 Å². The lowest BCUT2D eigenvalue weighted by molar-refractivity contribution is 0.618. The Bertz CT molecular complexity index is 692. The molecule has 24 heavy (non-hydrogen) atoms. The standard InChI is InChI=1S/C21H25FN2/c1-5-7-8-14-24-16-20(23-4)15-18(6-2)12-13-19-10-9-11-21(22)17(19)3/h5,7-15H,1,6,16H2,2-4H3/b8-7-,13-12-,18-15+,23-20?,24-14?. The van der Waals surface area contributed by atoms with Gasteiger partial charge in [-0.1, -0.05) is 49.9 Å². The molecule has 0 saturated carbocycles. The smallest absolute Gasteiger partial charge is 0.126 e. The number of allylic oxidation sites excluding steroid dienone is 5. The fourth-order valence-corrected chi connectivity index (χ4v) is 2.00. The molecule has 1 aromatic rings. The van der Waals surface area contributed by atoms with Crippen LogP contribution in [-0.2, 0) is 0 Å². The minimum absolute atomic E-state index is 0.183. The molecule has 0 unspecified atom stereocenters. The van der Waals surface area contributed by atoms with E-state index in [9.17, 15) is 4.39 Å². The molecule has 0 N–H and O–H groups in total. The van der Waals surface area contributed by atoms with Crippen molar-refractivity contribution < 1.29 is 4.39 Å². The first-order valence-electron chi connectivity index (χ1n) is 7.99. The third-order valence-corrected chi connectivity index (χ3v) is 3.53. The summed E-state index contributed by atoms with van der Waals surface area (Å²) in [7, 11) is 1.76. The molecule has 2 nitrogen and oxygen atoms in total. The fraction of sp³-hybridized carbons (Fsp3) is 0.238. The summed E-state index contributed by atoms with van der Waals surface area (Å²) >= 11 is 0. The van der Waals surface area contributed by atoms with Crippen molar-refractivity contribution in [2.45, 2.75) is 20.3 Å². The quantitative estimate of drug-likeness (QED) is 0.454. The van der Waals surface area contributed by atoms with E-state index >= 15 is 0 Å². The highest BCUT2D eigenvalue weighted by Gasteiger charge is 2.00. The average Bonchev–Trinajstić information content (AvgIpc) is 2.59. The van der Waals surface area contributed by atoms with Gasteiger partial charge in [-0.25, -0.2) is 4.39 Å². The first-order valence-corrected chi connectivity index (χ1v) is 7.99. The monoisotopic (exact) mass is 324 g/mol. The summed E-state index contributed by atoms with van der Waals surface area (Å²) < 4.78 is 13.6. The molecule has 0 heterocycles. The lowest BCUT2D eigenvalue weighted by Gasteiger charge is -2.03. The van der Waals surface area contributed by atoms with Gasteiger partial charge < -0.3 is 0 Å². The van der Waals surface area contributed by atoms with Crippen molar-refractivity contribution in [1.82, 2.24) is 0 Å². The van der Waals surface area contributed by atoms with Crippen LogP contribution in [0.1, 0.15) is 24.5 Å². The fourth-order valence-electron chi connectivity index (χ4n) is 2.00. The maximum absolute atomic E-state index is 13.6. The molecule has 3 heteroatoms.